The van der Waals surface area contributed by atoms with Crippen molar-refractivity contribution in [3.63, 3.8) is 0 Å². The highest BCUT2D eigenvalue weighted by atomic mass is 35.5. The molecular formula is C15H20ClFN2O2. The lowest BCUT2D eigenvalue weighted by atomic mass is 10.1. The number of hydrogen-bond acceptors (Lipinski definition) is 3. The summed E-state index contributed by atoms with van der Waals surface area (Å²) in [5, 5.41) is 6.14. The third-order valence-corrected chi connectivity index (χ3v) is 3.41. The molecule has 0 aliphatic carbocycles. The normalized spacial score (nSPS) is 17.7. The van der Waals surface area contributed by atoms with Crippen LogP contribution in [0.25, 0.3) is 0 Å². The molecule has 0 spiro atoms. The second-order valence-electron chi connectivity index (χ2n) is 5.04. The Morgan fingerprint density at radius 1 is 1.24 bits per heavy atom. The minimum Gasteiger partial charge on any atom is -0.352 e. The molecule has 2 rings (SSSR count). The number of amides is 1. The van der Waals surface area contributed by atoms with Crippen LogP contribution < -0.4 is 10.6 Å². The third-order valence-electron chi connectivity index (χ3n) is 3.41. The zero-order valence-corrected chi connectivity index (χ0v) is 12.5. The van der Waals surface area contributed by atoms with Crippen molar-refractivity contribution in [3.05, 3.63) is 35.6 Å². The van der Waals surface area contributed by atoms with Crippen molar-refractivity contribution in [2.45, 2.75) is 31.7 Å². The molecule has 0 aromatic heterocycles. The van der Waals surface area contributed by atoms with Gasteiger partial charge in [0.1, 0.15) is 5.82 Å². The first-order chi connectivity index (χ1) is 9.65. The molecule has 6 heteroatoms. The van der Waals surface area contributed by atoms with E-state index >= 15 is 0 Å². The van der Waals surface area contributed by atoms with Crippen LogP contribution in [0, 0.1) is 5.82 Å². The van der Waals surface area contributed by atoms with Gasteiger partial charge >= 0.3 is 0 Å². The first-order valence-electron chi connectivity index (χ1n) is 6.94. The predicted molar refractivity (Wildman–Crippen MR) is 81.2 cm³/mol. The van der Waals surface area contributed by atoms with Crippen LogP contribution >= 0.6 is 12.4 Å². The summed E-state index contributed by atoms with van der Waals surface area (Å²) in [6, 6.07) is 5.56. The maximum atomic E-state index is 12.7. The minimum atomic E-state index is -0.371. The van der Waals surface area contributed by atoms with E-state index in [2.05, 4.69) is 10.6 Å². The number of ketones is 1. The van der Waals surface area contributed by atoms with E-state index in [0.29, 0.717) is 5.56 Å². The number of nitrogens with one attached hydrogen (secondary N) is 2. The van der Waals surface area contributed by atoms with Gasteiger partial charge in [-0.2, -0.15) is 0 Å². The average molecular weight is 315 g/mol. The van der Waals surface area contributed by atoms with Crippen molar-refractivity contribution in [3.8, 4) is 0 Å². The summed E-state index contributed by atoms with van der Waals surface area (Å²) in [6.07, 6.45) is 2.36. The summed E-state index contributed by atoms with van der Waals surface area (Å²) in [6.45, 7) is 1.78. The molecule has 1 aliphatic rings. The number of Topliss-reactive ketones (excluding diaryl/α,β-unsaturated/α-hetero) is 1. The van der Waals surface area contributed by atoms with Gasteiger partial charge in [0.25, 0.3) is 0 Å². The monoisotopic (exact) mass is 314 g/mol. The van der Waals surface area contributed by atoms with Crippen molar-refractivity contribution in [2.24, 2.45) is 0 Å². The smallest absolute Gasteiger partial charge is 0.220 e. The molecule has 0 unspecified atom stereocenters. The Hall–Kier alpha value is -1.46. The van der Waals surface area contributed by atoms with Gasteiger partial charge in [-0.05, 0) is 43.7 Å². The maximum absolute atomic E-state index is 12.7. The Morgan fingerprint density at radius 3 is 2.57 bits per heavy atom. The molecule has 1 aromatic carbocycles. The van der Waals surface area contributed by atoms with Crippen molar-refractivity contribution in [2.75, 3.05) is 13.1 Å². The van der Waals surface area contributed by atoms with Gasteiger partial charge in [0.15, 0.2) is 5.78 Å². The Kier molecular flexibility index (Phi) is 7.32. The van der Waals surface area contributed by atoms with E-state index in [1.54, 1.807) is 0 Å². The fourth-order valence-corrected chi connectivity index (χ4v) is 2.28. The van der Waals surface area contributed by atoms with Crippen molar-refractivity contribution in [1.82, 2.24) is 10.6 Å². The summed E-state index contributed by atoms with van der Waals surface area (Å²) in [5.74, 6) is -0.611. The topological polar surface area (TPSA) is 58.2 Å². The van der Waals surface area contributed by atoms with Gasteiger partial charge in [-0.1, -0.05) is 0 Å². The van der Waals surface area contributed by atoms with E-state index in [-0.39, 0.29) is 48.8 Å². The second-order valence-corrected chi connectivity index (χ2v) is 5.04. The first-order valence-corrected chi connectivity index (χ1v) is 6.94. The van der Waals surface area contributed by atoms with E-state index in [9.17, 15) is 14.0 Å². The molecule has 1 aliphatic heterocycles. The van der Waals surface area contributed by atoms with Crippen LogP contribution in [-0.4, -0.2) is 30.8 Å². The summed E-state index contributed by atoms with van der Waals surface area (Å²) < 4.78 is 12.7. The fraction of sp³-hybridized carbons (Fsp3) is 0.467. The highest BCUT2D eigenvalue weighted by molar-refractivity contribution is 5.97. The van der Waals surface area contributed by atoms with Gasteiger partial charge in [-0.15, -0.1) is 12.4 Å². The largest absolute Gasteiger partial charge is 0.352 e. The van der Waals surface area contributed by atoms with Crippen molar-refractivity contribution in [1.29, 1.82) is 0 Å². The lowest BCUT2D eigenvalue weighted by Crippen LogP contribution is -2.45. The van der Waals surface area contributed by atoms with Gasteiger partial charge in [0, 0.05) is 31.0 Å². The SMILES string of the molecule is Cl.O=C(CCC(=O)c1ccc(F)cc1)N[C@H]1CCCNC1. The van der Waals surface area contributed by atoms with Crippen LogP contribution in [-0.2, 0) is 4.79 Å². The number of carbonyl (C=O) groups excluding carboxylic acids is 2. The third kappa shape index (κ3) is 5.81. The van der Waals surface area contributed by atoms with Crippen LogP contribution in [0.4, 0.5) is 4.39 Å². The molecule has 116 valence electrons. The Balaban J connectivity index is 0.00000220. The summed E-state index contributed by atoms with van der Waals surface area (Å²) in [5.41, 5.74) is 0.443. The fourth-order valence-electron chi connectivity index (χ4n) is 2.28. The molecule has 0 saturated carbocycles. The van der Waals surface area contributed by atoms with Crippen LogP contribution in [0.2, 0.25) is 0 Å². The molecule has 0 bridgehead atoms. The highest BCUT2D eigenvalue weighted by Gasteiger charge is 2.16. The number of benzene rings is 1. The summed E-state index contributed by atoms with van der Waals surface area (Å²) >= 11 is 0. The zero-order chi connectivity index (χ0) is 14.4. The number of halogens is 2. The highest BCUT2D eigenvalue weighted by Crippen LogP contribution is 2.08. The van der Waals surface area contributed by atoms with Gasteiger partial charge < -0.3 is 10.6 Å². The van der Waals surface area contributed by atoms with Crippen LogP contribution in [0.5, 0.6) is 0 Å². The molecule has 0 radical (unpaired) electrons. The number of piperidine rings is 1. The van der Waals surface area contributed by atoms with Crippen molar-refractivity contribution >= 4 is 24.1 Å². The molecule has 1 amide bonds. The van der Waals surface area contributed by atoms with Crippen molar-refractivity contribution < 1.29 is 14.0 Å². The average Bonchev–Trinajstić information content (AvgIpc) is 2.46. The van der Waals surface area contributed by atoms with Gasteiger partial charge in [-0.3, -0.25) is 9.59 Å². The standard InChI is InChI=1S/C15H19FN2O2.ClH/c16-12-5-3-11(4-6-12)14(19)7-8-15(20)18-13-2-1-9-17-10-13;/h3-6,13,17H,1-2,7-10H2,(H,18,20);1H/t13-;/m0./s1. The Bertz CT molecular complexity index is 473. The van der Waals surface area contributed by atoms with Gasteiger partial charge in [-0.25, -0.2) is 4.39 Å². The molecule has 1 atom stereocenters. The van der Waals surface area contributed by atoms with E-state index in [1.165, 1.54) is 24.3 Å². The van der Waals surface area contributed by atoms with E-state index < -0.39 is 0 Å². The van der Waals surface area contributed by atoms with E-state index in [0.717, 1.165) is 25.9 Å². The van der Waals surface area contributed by atoms with Crippen LogP contribution in [0.15, 0.2) is 24.3 Å². The lowest BCUT2D eigenvalue weighted by Gasteiger charge is -2.23. The summed E-state index contributed by atoms with van der Waals surface area (Å²) in [7, 11) is 0. The Morgan fingerprint density at radius 2 is 1.95 bits per heavy atom. The molecule has 21 heavy (non-hydrogen) atoms. The quantitative estimate of drug-likeness (QED) is 0.818. The molecule has 1 heterocycles. The molecule has 1 aromatic rings. The maximum Gasteiger partial charge on any atom is 0.220 e. The molecule has 1 saturated heterocycles. The van der Waals surface area contributed by atoms with E-state index in [4.69, 9.17) is 0 Å². The Labute approximate surface area is 129 Å². The number of rotatable bonds is 5. The minimum absolute atomic E-state index is 0. The molecule has 4 nitrogen and oxygen atoms in total. The number of hydrogen-bond donors (Lipinski definition) is 2. The van der Waals surface area contributed by atoms with Gasteiger partial charge in [0.2, 0.25) is 5.91 Å². The van der Waals surface area contributed by atoms with Crippen LogP contribution in [0.1, 0.15) is 36.0 Å². The number of carbonyl (C=O) groups is 2. The van der Waals surface area contributed by atoms with E-state index in [1.807, 2.05) is 0 Å². The first kappa shape index (κ1) is 17.6. The zero-order valence-electron chi connectivity index (χ0n) is 11.7. The van der Waals surface area contributed by atoms with Crippen LogP contribution in [0.3, 0.4) is 0 Å². The predicted octanol–water partition coefficient (Wildman–Crippen LogP) is 2.08. The molecule has 1 fully saturated rings. The van der Waals surface area contributed by atoms with Gasteiger partial charge in [0.05, 0.1) is 0 Å². The molecule has 2 N–H and O–H groups in total. The molecular weight excluding hydrogens is 295 g/mol. The second kappa shape index (κ2) is 8.74. The lowest BCUT2D eigenvalue weighted by molar-refractivity contribution is -0.121. The summed E-state index contributed by atoms with van der Waals surface area (Å²) in [4.78, 5) is 23.6.